The highest BCUT2D eigenvalue weighted by atomic mass is 19.4. The Morgan fingerprint density at radius 3 is 1.76 bits per heavy atom. The maximum Gasteiger partial charge on any atom is 0.490 e. The van der Waals surface area contributed by atoms with Gasteiger partial charge < -0.3 is 20.0 Å². The number of carboxylic acids is 2. The van der Waals surface area contributed by atoms with E-state index in [-0.39, 0.29) is 0 Å². The highest BCUT2D eigenvalue weighted by molar-refractivity contribution is 5.73. The quantitative estimate of drug-likeness (QED) is 0.133. The molecule has 2 rings (SSSR count). The molecule has 2 aliphatic heterocycles. The lowest BCUT2D eigenvalue weighted by atomic mass is 9.72. The molecule has 0 amide bonds. The van der Waals surface area contributed by atoms with Crippen molar-refractivity contribution in [1.29, 1.82) is 0 Å². The summed E-state index contributed by atoms with van der Waals surface area (Å²) in [6, 6.07) is 0. The molecule has 2 aliphatic rings. The van der Waals surface area contributed by atoms with Gasteiger partial charge in [-0.3, -0.25) is 0 Å². The van der Waals surface area contributed by atoms with Gasteiger partial charge in [0.05, 0.1) is 0 Å². The smallest absolute Gasteiger partial charge is 0.475 e. The number of piperidine rings is 1. The minimum Gasteiger partial charge on any atom is -0.475 e. The number of allylic oxidation sites excluding steroid dienone is 2. The van der Waals surface area contributed by atoms with Crippen LogP contribution in [0.3, 0.4) is 0 Å². The van der Waals surface area contributed by atoms with Crippen LogP contribution in [0.2, 0.25) is 0 Å². The van der Waals surface area contributed by atoms with Crippen LogP contribution in [0, 0.1) is 29.6 Å². The molecule has 2 heterocycles. The Kier molecular flexibility index (Phi) is 24.7. The maximum absolute atomic E-state index is 10.6. The van der Waals surface area contributed by atoms with Gasteiger partial charge in [0.15, 0.2) is 0 Å². The molecule has 0 aliphatic carbocycles. The molecule has 288 valence electrons. The summed E-state index contributed by atoms with van der Waals surface area (Å²) in [6.07, 6.45) is 18.3. The highest BCUT2D eigenvalue weighted by Gasteiger charge is 2.39. The normalized spacial score (nSPS) is 24.5. The van der Waals surface area contributed by atoms with Gasteiger partial charge in [0.25, 0.3) is 0 Å². The van der Waals surface area contributed by atoms with Gasteiger partial charge in [0.1, 0.15) is 0 Å². The van der Waals surface area contributed by atoms with E-state index in [4.69, 9.17) is 19.8 Å². The van der Waals surface area contributed by atoms with Crippen molar-refractivity contribution in [3.63, 3.8) is 0 Å². The van der Waals surface area contributed by atoms with Crippen LogP contribution >= 0.6 is 0 Å². The Bertz CT molecular complexity index is 890. The second kappa shape index (κ2) is 25.8. The molecular weight excluding hydrogens is 650 g/mol. The van der Waals surface area contributed by atoms with Gasteiger partial charge in [-0.25, -0.2) is 9.59 Å². The lowest BCUT2D eigenvalue weighted by Gasteiger charge is -2.42. The first-order chi connectivity index (χ1) is 22.9. The van der Waals surface area contributed by atoms with E-state index in [0.717, 1.165) is 17.8 Å². The van der Waals surface area contributed by atoms with Crippen molar-refractivity contribution < 1.29 is 46.1 Å². The monoisotopic (exact) mass is 714 g/mol. The van der Waals surface area contributed by atoms with Crippen LogP contribution in [0.4, 0.5) is 26.3 Å². The molecule has 0 spiro atoms. The molecule has 0 aromatic heterocycles. The first kappa shape index (κ1) is 46.9. The van der Waals surface area contributed by atoms with E-state index in [9.17, 15) is 26.3 Å². The molecule has 0 unspecified atom stereocenters. The van der Waals surface area contributed by atoms with Crippen molar-refractivity contribution in [3.8, 4) is 0 Å². The van der Waals surface area contributed by atoms with Gasteiger partial charge in [-0.15, -0.1) is 13.2 Å². The number of rotatable bonds is 10. The number of nitrogens with zero attached hydrogens (tertiary/aromatic N) is 2. The number of likely N-dealkylation sites (tertiary alicyclic amines) is 1. The molecule has 0 saturated carbocycles. The minimum atomic E-state index is -5.08. The zero-order valence-corrected chi connectivity index (χ0v) is 30.2. The minimum absolute atomic E-state index is 0.673. The summed E-state index contributed by atoms with van der Waals surface area (Å²) in [6.45, 7) is 15.8. The van der Waals surface area contributed by atoms with Crippen molar-refractivity contribution in [1.82, 2.24) is 9.80 Å². The summed E-state index contributed by atoms with van der Waals surface area (Å²) in [5.41, 5.74) is 0. The topological polar surface area (TPSA) is 81.1 Å². The lowest BCUT2D eigenvalue weighted by molar-refractivity contribution is -0.193. The predicted molar refractivity (Wildman–Crippen MR) is 184 cm³/mol. The summed E-state index contributed by atoms with van der Waals surface area (Å²) < 4.78 is 63.5. The third-order valence-corrected chi connectivity index (χ3v) is 9.68. The van der Waals surface area contributed by atoms with Crippen molar-refractivity contribution in [2.45, 2.75) is 128 Å². The Labute approximate surface area is 291 Å². The van der Waals surface area contributed by atoms with Crippen molar-refractivity contribution in [2.24, 2.45) is 29.6 Å². The number of hydrogen-bond donors (Lipinski definition) is 2. The van der Waals surface area contributed by atoms with Crippen molar-refractivity contribution in [2.75, 3.05) is 40.3 Å². The lowest BCUT2D eigenvalue weighted by Crippen LogP contribution is -2.43. The fourth-order valence-corrected chi connectivity index (χ4v) is 7.04. The molecule has 6 nitrogen and oxygen atoms in total. The van der Waals surface area contributed by atoms with Crippen LogP contribution in [0.15, 0.2) is 25.3 Å². The molecule has 0 aromatic carbocycles. The molecule has 5 atom stereocenters. The number of fused-ring (bicyclic) bond motifs is 2. The number of aliphatic carboxylic acids is 2. The number of hydrogen-bond acceptors (Lipinski definition) is 4. The summed E-state index contributed by atoms with van der Waals surface area (Å²) in [7, 11) is 4.76. The van der Waals surface area contributed by atoms with Crippen molar-refractivity contribution in [3.05, 3.63) is 25.3 Å². The summed E-state index contributed by atoms with van der Waals surface area (Å²) in [5, 5.41) is 14.2. The first-order valence-electron chi connectivity index (χ1n) is 18.1. The summed E-state index contributed by atoms with van der Waals surface area (Å²) in [5.74, 6) is -1.70. The van der Waals surface area contributed by atoms with E-state index in [1.165, 1.54) is 135 Å². The summed E-state index contributed by atoms with van der Waals surface area (Å²) in [4.78, 5) is 23.1. The zero-order chi connectivity index (χ0) is 37.5. The molecular formula is C37H64F6N2O4. The Balaban J connectivity index is 0.00000137. The van der Waals surface area contributed by atoms with E-state index in [0.29, 0.717) is 11.8 Å². The second-order valence-electron chi connectivity index (χ2n) is 14.2. The molecule has 2 bridgehead atoms. The average molecular weight is 715 g/mol. The summed E-state index contributed by atoms with van der Waals surface area (Å²) >= 11 is 0. The van der Waals surface area contributed by atoms with Crippen LogP contribution < -0.4 is 0 Å². The van der Waals surface area contributed by atoms with Crippen LogP contribution in [-0.2, 0) is 9.59 Å². The van der Waals surface area contributed by atoms with Crippen LogP contribution in [0.5, 0.6) is 0 Å². The molecule has 2 saturated heterocycles. The van der Waals surface area contributed by atoms with Gasteiger partial charge in [0, 0.05) is 19.6 Å². The molecule has 2 fully saturated rings. The van der Waals surface area contributed by atoms with Gasteiger partial charge in [-0.1, -0.05) is 96.1 Å². The van der Waals surface area contributed by atoms with E-state index in [1.807, 2.05) is 0 Å². The van der Waals surface area contributed by atoms with Gasteiger partial charge in [0.2, 0.25) is 0 Å². The number of carbonyl (C=O) groups is 2. The van der Waals surface area contributed by atoms with E-state index in [2.05, 4.69) is 56.1 Å². The third kappa shape index (κ3) is 23.9. The van der Waals surface area contributed by atoms with E-state index >= 15 is 0 Å². The first-order valence-corrected chi connectivity index (χ1v) is 18.1. The van der Waals surface area contributed by atoms with Crippen LogP contribution in [-0.4, -0.2) is 84.6 Å². The second-order valence-corrected chi connectivity index (χ2v) is 14.2. The van der Waals surface area contributed by atoms with E-state index in [1.54, 1.807) is 0 Å². The zero-order valence-electron chi connectivity index (χ0n) is 30.2. The molecule has 49 heavy (non-hydrogen) atoms. The van der Waals surface area contributed by atoms with Crippen molar-refractivity contribution >= 4 is 11.9 Å². The fourth-order valence-electron chi connectivity index (χ4n) is 7.04. The van der Waals surface area contributed by atoms with E-state index < -0.39 is 24.3 Å². The maximum atomic E-state index is 10.6. The highest BCUT2D eigenvalue weighted by Crippen LogP contribution is 2.37. The molecule has 0 radical (unpaired) electrons. The molecule has 0 aromatic rings. The molecule has 12 heteroatoms. The Morgan fingerprint density at radius 2 is 1.24 bits per heavy atom. The Morgan fingerprint density at radius 1 is 0.755 bits per heavy atom. The SMILES string of the molecule is C=C[C@H]1[C@H](CCCCCCC[C@H](C)C=C)CN(C)CCCCCCCCCC[C@H]2C[C@@H]1CN(C)C2.O=C(O)C(F)(F)F.O=C(O)C(F)(F)F. The number of carboxylic acid groups (broad SMARTS) is 2. The van der Waals surface area contributed by atoms with Gasteiger partial charge in [-0.05, 0) is 82.3 Å². The largest absolute Gasteiger partial charge is 0.490 e. The average Bonchev–Trinajstić information content (AvgIpc) is 3.00. The van der Waals surface area contributed by atoms with Gasteiger partial charge >= 0.3 is 24.3 Å². The predicted octanol–water partition coefficient (Wildman–Crippen LogP) is 10.2. The van der Waals surface area contributed by atoms with Crippen LogP contribution in [0.25, 0.3) is 0 Å². The number of alkyl halides is 6. The van der Waals surface area contributed by atoms with Crippen LogP contribution in [0.1, 0.15) is 116 Å². The van der Waals surface area contributed by atoms with Gasteiger partial charge in [-0.2, -0.15) is 26.3 Å². The Hall–Kier alpha value is -2.08. The third-order valence-electron chi connectivity index (χ3n) is 9.68. The fraction of sp³-hybridized carbons (Fsp3) is 0.838. The number of halogens is 6. The molecule has 2 N–H and O–H groups in total. The standard InChI is InChI=1S/C33H62N2.2C2HF3O2/c1-6-29(3)21-17-13-12-15-19-23-31-27-34(4)24-20-16-11-9-8-10-14-18-22-30-25-32(33(31)7-2)28-35(5)26-30;2*3-2(4,5)1(6)7/h6-7,29-33H,1-2,8-28H2,3-5H3;2*(H,6,7)/t29-,30+,31-,32-,33+;;/m1../s1. The number of unbranched alkanes of at least 4 members (excludes halogenated alkanes) is 4.